The van der Waals surface area contributed by atoms with Crippen molar-refractivity contribution >= 4 is 22.8 Å². The average molecular weight is 221 g/mol. The molecule has 0 saturated carbocycles. The van der Waals surface area contributed by atoms with Crippen LogP contribution in [0.1, 0.15) is 13.3 Å². The zero-order chi connectivity index (χ0) is 10.7. The lowest BCUT2D eigenvalue weighted by Crippen LogP contribution is -2.09. The average Bonchev–Trinajstić information content (AvgIpc) is 2.26. The highest BCUT2D eigenvalue weighted by molar-refractivity contribution is 7.99. The van der Waals surface area contributed by atoms with Crippen molar-refractivity contribution in [3.8, 4) is 0 Å². The lowest BCUT2D eigenvalue weighted by atomic mass is 10.3. The molecule has 0 fully saturated rings. The number of hydrogen-bond acceptors (Lipinski definition) is 4. The first-order valence-electron chi connectivity index (χ1n) is 4.79. The first kappa shape index (κ1) is 10.2. The van der Waals surface area contributed by atoms with E-state index in [2.05, 4.69) is 21.9 Å². The van der Waals surface area contributed by atoms with Gasteiger partial charge in [-0.25, -0.2) is 9.97 Å². The molecule has 0 aliphatic carbocycles. The molecule has 0 unspecified atom stereocenters. The van der Waals surface area contributed by atoms with Crippen molar-refractivity contribution in [2.75, 3.05) is 5.75 Å². The van der Waals surface area contributed by atoms with Crippen molar-refractivity contribution in [3.63, 3.8) is 0 Å². The van der Waals surface area contributed by atoms with Crippen LogP contribution < -0.4 is 5.56 Å². The molecule has 2 heterocycles. The predicted octanol–water partition coefficient (Wildman–Crippen LogP) is 1.82. The Morgan fingerprint density at radius 2 is 2.40 bits per heavy atom. The van der Waals surface area contributed by atoms with Crippen LogP contribution >= 0.6 is 11.8 Å². The van der Waals surface area contributed by atoms with Crippen molar-refractivity contribution in [1.82, 2.24) is 15.0 Å². The Kier molecular flexibility index (Phi) is 3.01. The minimum absolute atomic E-state index is 0.119. The van der Waals surface area contributed by atoms with E-state index in [1.54, 1.807) is 30.1 Å². The van der Waals surface area contributed by atoms with E-state index in [1.165, 1.54) is 0 Å². The fourth-order valence-corrected chi connectivity index (χ4v) is 1.93. The molecular formula is C10H11N3OS. The Labute approximate surface area is 91.2 Å². The van der Waals surface area contributed by atoms with Crippen LogP contribution in [0.4, 0.5) is 0 Å². The molecule has 0 bridgehead atoms. The van der Waals surface area contributed by atoms with Gasteiger partial charge in [-0.05, 0) is 18.6 Å². The minimum Gasteiger partial charge on any atom is -0.301 e. The molecule has 2 aromatic rings. The number of nitrogens with zero attached hydrogens (tertiary/aromatic N) is 2. The fraction of sp³-hybridized carbons (Fsp3) is 0.300. The zero-order valence-electron chi connectivity index (χ0n) is 8.36. The summed E-state index contributed by atoms with van der Waals surface area (Å²) >= 11 is 1.54. The number of H-pyrrole nitrogens is 1. The number of pyridine rings is 1. The smallest absolute Gasteiger partial charge is 0.261 e. The molecule has 1 N–H and O–H groups in total. The summed E-state index contributed by atoms with van der Waals surface area (Å²) in [5.41, 5.74) is 0.395. The van der Waals surface area contributed by atoms with Gasteiger partial charge in [0.1, 0.15) is 0 Å². The van der Waals surface area contributed by atoms with Gasteiger partial charge in [0.15, 0.2) is 10.8 Å². The third-order valence-electron chi connectivity index (χ3n) is 1.90. The third kappa shape index (κ3) is 2.18. The number of aromatic amines is 1. The molecule has 0 atom stereocenters. The number of hydrogen-bond donors (Lipinski definition) is 1. The van der Waals surface area contributed by atoms with E-state index in [0.717, 1.165) is 12.2 Å². The molecule has 15 heavy (non-hydrogen) atoms. The second kappa shape index (κ2) is 4.44. The molecular weight excluding hydrogens is 210 g/mol. The van der Waals surface area contributed by atoms with Gasteiger partial charge in [-0.15, -0.1) is 0 Å². The van der Waals surface area contributed by atoms with Crippen LogP contribution in [0.15, 0.2) is 28.3 Å². The van der Waals surface area contributed by atoms with Crippen LogP contribution in [0.25, 0.3) is 11.0 Å². The summed E-state index contributed by atoms with van der Waals surface area (Å²) < 4.78 is 0. The standard InChI is InChI=1S/C10H11N3OS/c1-2-6-15-10-12-8-7(9(14)13-10)4-3-5-11-8/h3-5H,2,6H2,1H3,(H,11,12,13,14). The lowest BCUT2D eigenvalue weighted by Gasteiger charge is -2.00. The molecule has 0 saturated heterocycles. The minimum atomic E-state index is -0.119. The van der Waals surface area contributed by atoms with Crippen LogP contribution in [0.2, 0.25) is 0 Å². The first-order chi connectivity index (χ1) is 7.31. The van der Waals surface area contributed by atoms with E-state index >= 15 is 0 Å². The van der Waals surface area contributed by atoms with Crippen molar-refractivity contribution < 1.29 is 0 Å². The van der Waals surface area contributed by atoms with Gasteiger partial charge in [0, 0.05) is 11.9 Å². The highest BCUT2D eigenvalue weighted by Crippen LogP contribution is 2.13. The Morgan fingerprint density at radius 1 is 1.53 bits per heavy atom. The predicted molar refractivity (Wildman–Crippen MR) is 61.2 cm³/mol. The van der Waals surface area contributed by atoms with Crippen LogP contribution in [0.3, 0.4) is 0 Å². The van der Waals surface area contributed by atoms with Gasteiger partial charge in [0.2, 0.25) is 0 Å². The van der Waals surface area contributed by atoms with Crippen LogP contribution in [0.5, 0.6) is 0 Å². The first-order valence-corrected chi connectivity index (χ1v) is 5.77. The monoisotopic (exact) mass is 221 g/mol. The summed E-state index contributed by atoms with van der Waals surface area (Å²) in [6, 6.07) is 3.46. The molecule has 4 nitrogen and oxygen atoms in total. The summed E-state index contributed by atoms with van der Waals surface area (Å²) in [7, 11) is 0. The third-order valence-corrected chi connectivity index (χ3v) is 2.98. The summed E-state index contributed by atoms with van der Waals surface area (Å²) in [4.78, 5) is 22.7. The normalized spacial score (nSPS) is 10.7. The molecule has 0 radical (unpaired) electrons. The van der Waals surface area contributed by atoms with Gasteiger partial charge in [-0.2, -0.15) is 0 Å². The molecule has 0 aliphatic rings. The van der Waals surface area contributed by atoms with Crippen LogP contribution in [-0.4, -0.2) is 20.7 Å². The van der Waals surface area contributed by atoms with E-state index < -0.39 is 0 Å². The number of aromatic nitrogens is 3. The molecule has 5 heteroatoms. The Hall–Kier alpha value is -1.36. The van der Waals surface area contributed by atoms with Crippen molar-refractivity contribution in [1.29, 1.82) is 0 Å². The van der Waals surface area contributed by atoms with E-state index in [0.29, 0.717) is 16.2 Å². The zero-order valence-corrected chi connectivity index (χ0v) is 9.17. The maximum Gasteiger partial charge on any atom is 0.261 e. The van der Waals surface area contributed by atoms with Gasteiger partial charge in [0.05, 0.1) is 5.39 Å². The summed E-state index contributed by atoms with van der Waals surface area (Å²) in [6.45, 7) is 2.09. The number of nitrogens with one attached hydrogen (secondary N) is 1. The van der Waals surface area contributed by atoms with E-state index in [1.807, 2.05) is 0 Å². The van der Waals surface area contributed by atoms with Gasteiger partial charge >= 0.3 is 0 Å². The van der Waals surface area contributed by atoms with Crippen LogP contribution in [0, 0.1) is 0 Å². The number of fused-ring (bicyclic) bond motifs is 1. The van der Waals surface area contributed by atoms with Gasteiger partial charge < -0.3 is 4.98 Å². The highest BCUT2D eigenvalue weighted by atomic mass is 32.2. The topological polar surface area (TPSA) is 58.6 Å². The lowest BCUT2D eigenvalue weighted by molar-refractivity contribution is 0.956. The van der Waals surface area contributed by atoms with Gasteiger partial charge in [-0.3, -0.25) is 4.79 Å². The number of rotatable bonds is 3. The summed E-state index contributed by atoms with van der Waals surface area (Å²) in [5, 5.41) is 1.19. The van der Waals surface area contributed by atoms with Crippen LogP contribution in [-0.2, 0) is 0 Å². The molecule has 0 aromatic carbocycles. The molecule has 2 rings (SSSR count). The summed E-state index contributed by atoms with van der Waals surface area (Å²) in [6.07, 6.45) is 2.69. The Bertz CT molecular complexity index is 523. The Balaban J connectivity index is 2.48. The molecule has 2 aromatic heterocycles. The molecule has 0 amide bonds. The van der Waals surface area contributed by atoms with Crippen molar-refractivity contribution in [3.05, 3.63) is 28.7 Å². The van der Waals surface area contributed by atoms with Crippen molar-refractivity contribution in [2.24, 2.45) is 0 Å². The van der Waals surface area contributed by atoms with Gasteiger partial charge in [0.25, 0.3) is 5.56 Å². The van der Waals surface area contributed by atoms with Gasteiger partial charge in [-0.1, -0.05) is 18.7 Å². The SMILES string of the molecule is CCCSc1nc2ncccc2c(=O)[nH]1. The maximum atomic E-state index is 11.6. The molecule has 0 aliphatic heterocycles. The second-order valence-corrected chi connectivity index (χ2v) is 4.18. The maximum absolute atomic E-state index is 11.6. The molecule has 78 valence electrons. The highest BCUT2D eigenvalue weighted by Gasteiger charge is 2.03. The molecule has 0 spiro atoms. The van der Waals surface area contributed by atoms with E-state index in [-0.39, 0.29) is 5.56 Å². The number of thioether (sulfide) groups is 1. The van der Waals surface area contributed by atoms with Crippen molar-refractivity contribution in [2.45, 2.75) is 18.5 Å². The second-order valence-electron chi connectivity index (χ2n) is 3.09. The quantitative estimate of drug-likeness (QED) is 0.634. The fourth-order valence-electron chi connectivity index (χ4n) is 1.22. The summed E-state index contributed by atoms with van der Waals surface area (Å²) in [5.74, 6) is 0.946. The van der Waals surface area contributed by atoms with E-state index in [4.69, 9.17) is 0 Å². The Morgan fingerprint density at radius 3 is 3.20 bits per heavy atom. The van der Waals surface area contributed by atoms with E-state index in [9.17, 15) is 4.79 Å². The largest absolute Gasteiger partial charge is 0.301 e.